The first kappa shape index (κ1) is 14.0. The van der Waals surface area contributed by atoms with Crippen LogP contribution in [0, 0.1) is 11.8 Å². The fourth-order valence-corrected chi connectivity index (χ4v) is 2.37. The van der Waals surface area contributed by atoms with Crippen LogP contribution in [0.3, 0.4) is 0 Å². The third kappa shape index (κ3) is 3.72. The van der Waals surface area contributed by atoms with Gasteiger partial charge in [-0.1, -0.05) is 33.6 Å². The molecule has 1 fully saturated rings. The highest BCUT2D eigenvalue weighted by atomic mass is 16.4. The Hall–Kier alpha value is -1.06. The fraction of sp³-hybridized carbons (Fsp3) is 0.846. The van der Waals surface area contributed by atoms with E-state index in [4.69, 9.17) is 5.11 Å². The Kier molecular flexibility index (Phi) is 4.54. The number of carboxylic acid groups (broad SMARTS) is 1. The third-order valence-electron chi connectivity index (χ3n) is 3.85. The Morgan fingerprint density at radius 2 is 1.76 bits per heavy atom. The smallest absolute Gasteiger partial charge is 0.305 e. The molecule has 0 heterocycles. The summed E-state index contributed by atoms with van der Waals surface area (Å²) in [5.41, 5.74) is -0.494. The number of nitrogens with one attached hydrogen (secondary N) is 1. The molecule has 4 nitrogen and oxygen atoms in total. The maximum atomic E-state index is 12.0. The lowest BCUT2D eigenvalue weighted by atomic mass is 9.90. The molecular formula is C13H23NO3. The first-order chi connectivity index (χ1) is 7.86. The Balaban J connectivity index is 2.67. The molecule has 98 valence electrons. The molecule has 1 unspecified atom stereocenters. The van der Waals surface area contributed by atoms with Crippen molar-refractivity contribution >= 4 is 11.9 Å². The molecule has 0 bridgehead atoms. The summed E-state index contributed by atoms with van der Waals surface area (Å²) in [6.45, 7) is 5.90. The Morgan fingerprint density at radius 3 is 2.18 bits per heavy atom. The molecule has 4 heteroatoms. The standard InChI is InChI=1S/C13H23NO3/c1-9(2)10(3)12(17)14-13(8-11(15)16)6-4-5-7-13/h9-10H,4-8H2,1-3H3,(H,14,17)(H,15,16). The molecular weight excluding hydrogens is 218 g/mol. The molecule has 1 aliphatic carbocycles. The van der Waals surface area contributed by atoms with Crippen molar-refractivity contribution in [3.05, 3.63) is 0 Å². The van der Waals surface area contributed by atoms with Crippen LogP contribution in [0.5, 0.6) is 0 Å². The molecule has 0 saturated heterocycles. The SMILES string of the molecule is CC(C)C(C)C(=O)NC1(CC(=O)O)CCCC1. The molecule has 0 aliphatic heterocycles. The van der Waals surface area contributed by atoms with Gasteiger partial charge < -0.3 is 10.4 Å². The van der Waals surface area contributed by atoms with Gasteiger partial charge in [0.15, 0.2) is 0 Å². The lowest BCUT2D eigenvalue weighted by molar-refractivity contribution is -0.139. The van der Waals surface area contributed by atoms with Gasteiger partial charge in [-0.05, 0) is 18.8 Å². The van der Waals surface area contributed by atoms with Gasteiger partial charge in [-0.25, -0.2) is 0 Å². The molecule has 0 aromatic rings. The second-order valence-electron chi connectivity index (χ2n) is 5.58. The lowest BCUT2D eigenvalue weighted by Gasteiger charge is -2.31. The molecule has 0 aromatic heterocycles. The molecule has 17 heavy (non-hydrogen) atoms. The summed E-state index contributed by atoms with van der Waals surface area (Å²) in [5, 5.41) is 11.9. The zero-order valence-electron chi connectivity index (χ0n) is 11.0. The summed E-state index contributed by atoms with van der Waals surface area (Å²) < 4.78 is 0. The van der Waals surface area contributed by atoms with E-state index in [1.54, 1.807) is 0 Å². The van der Waals surface area contributed by atoms with E-state index in [0.717, 1.165) is 25.7 Å². The topological polar surface area (TPSA) is 66.4 Å². The van der Waals surface area contributed by atoms with Crippen LogP contribution in [0.2, 0.25) is 0 Å². The Bertz CT molecular complexity index is 293. The van der Waals surface area contributed by atoms with E-state index >= 15 is 0 Å². The summed E-state index contributed by atoms with van der Waals surface area (Å²) in [6.07, 6.45) is 3.63. The monoisotopic (exact) mass is 241 g/mol. The largest absolute Gasteiger partial charge is 0.481 e. The van der Waals surface area contributed by atoms with Crippen molar-refractivity contribution < 1.29 is 14.7 Å². The van der Waals surface area contributed by atoms with E-state index in [9.17, 15) is 9.59 Å². The normalized spacial score (nSPS) is 20.2. The molecule has 0 aromatic carbocycles. The van der Waals surface area contributed by atoms with Crippen molar-refractivity contribution in [3.63, 3.8) is 0 Å². The predicted octanol–water partition coefficient (Wildman–Crippen LogP) is 2.18. The van der Waals surface area contributed by atoms with E-state index in [0.29, 0.717) is 0 Å². The van der Waals surface area contributed by atoms with Crippen LogP contribution in [0.25, 0.3) is 0 Å². The highest BCUT2D eigenvalue weighted by Crippen LogP contribution is 2.33. The van der Waals surface area contributed by atoms with Gasteiger partial charge in [-0.15, -0.1) is 0 Å². The second-order valence-corrected chi connectivity index (χ2v) is 5.58. The zero-order chi connectivity index (χ0) is 13.1. The summed E-state index contributed by atoms with van der Waals surface area (Å²) in [4.78, 5) is 22.9. The van der Waals surface area contributed by atoms with E-state index in [1.165, 1.54) is 0 Å². The van der Waals surface area contributed by atoms with Crippen LogP contribution in [0.1, 0.15) is 52.9 Å². The fourth-order valence-electron chi connectivity index (χ4n) is 2.37. The number of rotatable bonds is 5. The highest BCUT2D eigenvalue weighted by molar-refractivity contribution is 5.80. The Morgan fingerprint density at radius 1 is 1.24 bits per heavy atom. The number of carbonyl (C=O) groups excluding carboxylic acids is 1. The van der Waals surface area contributed by atoms with Crippen molar-refractivity contribution in [2.24, 2.45) is 11.8 Å². The van der Waals surface area contributed by atoms with E-state index in [-0.39, 0.29) is 24.2 Å². The van der Waals surface area contributed by atoms with Gasteiger partial charge in [-0.2, -0.15) is 0 Å². The number of carbonyl (C=O) groups is 2. The van der Waals surface area contributed by atoms with Crippen molar-refractivity contribution in [2.45, 2.75) is 58.4 Å². The minimum Gasteiger partial charge on any atom is -0.481 e. The van der Waals surface area contributed by atoms with E-state index < -0.39 is 11.5 Å². The summed E-state index contributed by atoms with van der Waals surface area (Å²) in [5.74, 6) is -0.632. The number of hydrogen-bond donors (Lipinski definition) is 2. The van der Waals surface area contributed by atoms with E-state index in [2.05, 4.69) is 5.32 Å². The molecule has 1 atom stereocenters. The molecule has 0 spiro atoms. The maximum absolute atomic E-state index is 12.0. The van der Waals surface area contributed by atoms with Gasteiger partial charge >= 0.3 is 5.97 Å². The van der Waals surface area contributed by atoms with Crippen molar-refractivity contribution in [1.29, 1.82) is 0 Å². The number of hydrogen-bond acceptors (Lipinski definition) is 2. The van der Waals surface area contributed by atoms with Gasteiger partial charge in [0.1, 0.15) is 0 Å². The predicted molar refractivity (Wildman–Crippen MR) is 65.6 cm³/mol. The average Bonchev–Trinajstić information content (AvgIpc) is 2.63. The van der Waals surface area contributed by atoms with Crippen LogP contribution in [0.15, 0.2) is 0 Å². The maximum Gasteiger partial charge on any atom is 0.305 e. The van der Waals surface area contributed by atoms with Crippen LogP contribution < -0.4 is 5.32 Å². The summed E-state index contributed by atoms with van der Waals surface area (Å²) in [6, 6.07) is 0. The number of carboxylic acids is 1. The first-order valence-electron chi connectivity index (χ1n) is 6.40. The molecule has 1 aliphatic rings. The van der Waals surface area contributed by atoms with Crippen molar-refractivity contribution in [1.82, 2.24) is 5.32 Å². The Labute approximate surface area is 103 Å². The molecule has 2 N–H and O–H groups in total. The van der Waals surface area contributed by atoms with Gasteiger partial charge in [0.05, 0.1) is 12.0 Å². The molecule has 1 saturated carbocycles. The molecule has 0 radical (unpaired) electrons. The van der Waals surface area contributed by atoms with Gasteiger partial charge in [-0.3, -0.25) is 9.59 Å². The summed E-state index contributed by atoms with van der Waals surface area (Å²) in [7, 11) is 0. The minimum atomic E-state index is -0.829. The van der Waals surface area contributed by atoms with Crippen LogP contribution >= 0.6 is 0 Å². The van der Waals surface area contributed by atoms with Crippen molar-refractivity contribution in [2.75, 3.05) is 0 Å². The lowest BCUT2D eigenvalue weighted by Crippen LogP contribution is -2.50. The first-order valence-corrected chi connectivity index (χ1v) is 6.40. The third-order valence-corrected chi connectivity index (χ3v) is 3.85. The minimum absolute atomic E-state index is 0.0110. The van der Waals surface area contributed by atoms with E-state index in [1.807, 2.05) is 20.8 Å². The highest BCUT2D eigenvalue weighted by Gasteiger charge is 2.38. The van der Waals surface area contributed by atoms with Gasteiger partial charge in [0.25, 0.3) is 0 Å². The van der Waals surface area contributed by atoms with Crippen LogP contribution in [-0.4, -0.2) is 22.5 Å². The average molecular weight is 241 g/mol. The second kappa shape index (κ2) is 5.52. The number of amides is 1. The van der Waals surface area contributed by atoms with Crippen LogP contribution in [-0.2, 0) is 9.59 Å². The summed E-state index contributed by atoms with van der Waals surface area (Å²) >= 11 is 0. The van der Waals surface area contributed by atoms with Gasteiger partial charge in [0.2, 0.25) is 5.91 Å². The zero-order valence-corrected chi connectivity index (χ0v) is 11.0. The van der Waals surface area contributed by atoms with Crippen molar-refractivity contribution in [3.8, 4) is 0 Å². The van der Waals surface area contributed by atoms with Gasteiger partial charge in [0, 0.05) is 5.92 Å². The molecule has 1 amide bonds. The quantitative estimate of drug-likeness (QED) is 0.775. The van der Waals surface area contributed by atoms with Crippen LogP contribution in [0.4, 0.5) is 0 Å². The number of aliphatic carboxylic acids is 1. The molecule has 1 rings (SSSR count).